The van der Waals surface area contributed by atoms with E-state index in [4.69, 9.17) is 15.2 Å². The van der Waals surface area contributed by atoms with Crippen LogP contribution in [0.3, 0.4) is 0 Å². The third kappa shape index (κ3) is 9.73. The summed E-state index contributed by atoms with van der Waals surface area (Å²) in [7, 11) is -16.4. The van der Waals surface area contributed by atoms with Gasteiger partial charge in [0.1, 0.15) is 12.3 Å². The van der Waals surface area contributed by atoms with Crippen molar-refractivity contribution in [3.05, 3.63) is 32.6 Å². The van der Waals surface area contributed by atoms with Crippen molar-refractivity contribution in [3.8, 4) is 0 Å². The van der Waals surface area contributed by atoms with E-state index in [1.165, 1.54) is 6.20 Å². The van der Waals surface area contributed by atoms with Crippen molar-refractivity contribution in [1.82, 2.24) is 9.55 Å². The molecule has 0 aliphatic carbocycles. The molecule has 0 amide bonds. The first-order valence-electron chi connectivity index (χ1n) is 11.3. The van der Waals surface area contributed by atoms with E-state index in [1.54, 1.807) is 0 Å². The van der Waals surface area contributed by atoms with Gasteiger partial charge >= 0.3 is 28.7 Å². The van der Waals surface area contributed by atoms with Crippen molar-refractivity contribution in [2.45, 2.75) is 59.9 Å². The highest BCUT2D eigenvalue weighted by atomic mass is 79.9. The number of aliphatic hydroxyl groups excluding tert-OH is 1. The van der Waals surface area contributed by atoms with Gasteiger partial charge in [-0.1, -0.05) is 12.8 Å². The molecule has 1 aromatic rings. The van der Waals surface area contributed by atoms with Gasteiger partial charge in [-0.3, -0.25) is 28.0 Å². The number of nitrogens with two attached hydrogens (primary N) is 1. The molecule has 0 bridgehead atoms. The molecule has 0 radical (unpaired) electrons. The van der Waals surface area contributed by atoms with Gasteiger partial charge in [0.15, 0.2) is 0 Å². The predicted octanol–water partition coefficient (Wildman–Crippen LogP) is 1.12. The van der Waals surface area contributed by atoms with Crippen molar-refractivity contribution in [2.24, 2.45) is 5.73 Å². The Morgan fingerprint density at radius 1 is 1.13 bits per heavy atom. The van der Waals surface area contributed by atoms with Gasteiger partial charge in [0.2, 0.25) is 0 Å². The maximum atomic E-state index is 12.3. The number of hydrogen-bond donors (Lipinski definition) is 7. The maximum absolute atomic E-state index is 12.3. The van der Waals surface area contributed by atoms with Crippen LogP contribution in [0, 0.1) is 0 Å². The summed E-state index contributed by atoms with van der Waals surface area (Å²) in [6.45, 7) is -0.00548. The van der Waals surface area contributed by atoms with E-state index in [9.17, 15) is 48.0 Å². The first-order valence-corrected chi connectivity index (χ1v) is 17.6. The van der Waals surface area contributed by atoms with Gasteiger partial charge in [-0.25, -0.2) is 13.7 Å². The van der Waals surface area contributed by atoms with Crippen LogP contribution < -0.4 is 17.0 Å². The summed E-state index contributed by atoms with van der Waals surface area (Å²) in [5.41, 5.74) is 4.02. The van der Waals surface area contributed by atoms with Crippen molar-refractivity contribution in [3.63, 3.8) is 0 Å². The lowest BCUT2D eigenvalue weighted by Gasteiger charge is -2.27. The number of aromatic amines is 1. The highest BCUT2D eigenvalue weighted by Crippen LogP contribution is 2.81. The number of halogens is 2. The molecule has 2 heterocycles. The molecule has 1 aliphatic heterocycles. The monoisotopic (exact) mass is 751 g/mol. The minimum Gasteiger partial charge on any atom is -0.390 e. The molecule has 39 heavy (non-hydrogen) atoms. The van der Waals surface area contributed by atoms with E-state index in [0.29, 0.717) is 13.2 Å². The molecule has 22 heteroatoms. The quantitative estimate of drug-likeness (QED) is 0.0708. The minimum absolute atomic E-state index is 0.0994. The Bertz CT molecular complexity index is 1240. The molecule has 1 fully saturated rings. The van der Waals surface area contributed by atoms with Crippen molar-refractivity contribution >= 4 is 54.9 Å². The van der Waals surface area contributed by atoms with Gasteiger partial charge in [-0.05, 0) is 51.2 Å². The molecule has 0 saturated carbocycles. The molecule has 5 atom stereocenters. The fourth-order valence-corrected chi connectivity index (χ4v) is 8.16. The number of alkyl halides is 2. The van der Waals surface area contributed by atoms with Crippen LogP contribution in [0.2, 0.25) is 0 Å². The van der Waals surface area contributed by atoms with Crippen LogP contribution in [0.25, 0.3) is 0 Å². The molecule has 17 nitrogen and oxygen atoms in total. The fraction of sp³-hybridized carbons (Fsp3) is 0.765. The Morgan fingerprint density at radius 2 is 1.77 bits per heavy atom. The van der Waals surface area contributed by atoms with Crippen LogP contribution >= 0.6 is 54.9 Å². The van der Waals surface area contributed by atoms with Crippen molar-refractivity contribution in [2.75, 3.05) is 19.8 Å². The third-order valence-electron chi connectivity index (χ3n) is 5.36. The van der Waals surface area contributed by atoms with Crippen molar-refractivity contribution in [1.29, 1.82) is 0 Å². The van der Waals surface area contributed by atoms with Crippen LogP contribution in [0.4, 0.5) is 0 Å². The average molecular weight is 753 g/mol. The number of phosphoric acid groups is 1. The zero-order valence-electron chi connectivity index (χ0n) is 20.2. The number of phosphoric ester groups is 1. The number of nitrogens with zero attached hydrogens (tertiary/aromatic N) is 1. The second kappa shape index (κ2) is 14.4. The molecule has 0 spiro atoms. The molecular weight excluding hydrogens is 723 g/mol. The highest BCUT2D eigenvalue weighted by Gasteiger charge is 2.61. The van der Waals surface area contributed by atoms with Crippen LogP contribution in [0.1, 0.15) is 43.9 Å². The molecule has 1 aromatic heterocycles. The number of H-pyrrole nitrogens is 1. The largest absolute Gasteiger partial charge is 0.479 e. The molecular formula is C17H30Br2N3O14P3. The van der Waals surface area contributed by atoms with E-state index in [2.05, 4.69) is 45.7 Å². The van der Waals surface area contributed by atoms with E-state index in [1.807, 2.05) is 0 Å². The van der Waals surface area contributed by atoms with Gasteiger partial charge in [0.05, 0.1) is 24.9 Å². The summed E-state index contributed by atoms with van der Waals surface area (Å²) >= 11 is 4.56. The number of hydrogen-bond acceptors (Lipinski definition) is 11. The van der Waals surface area contributed by atoms with Crippen LogP contribution in [-0.4, -0.2) is 68.9 Å². The summed E-state index contributed by atoms with van der Waals surface area (Å²) in [6.07, 6.45) is 0.675. The summed E-state index contributed by atoms with van der Waals surface area (Å²) in [5, 5.41) is 10.3. The van der Waals surface area contributed by atoms with Crippen molar-refractivity contribution < 1.29 is 56.7 Å². The number of rotatable bonds is 16. The zero-order valence-corrected chi connectivity index (χ0v) is 26.1. The summed E-state index contributed by atoms with van der Waals surface area (Å²) in [5.74, 6) is 0. The zero-order chi connectivity index (χ0) is 29.6. The SMILES string of the molecule is NCCCCCCOCc1cn([C@H]2C[C@H](O)[C@@H](COP(=O)(O)OP(=O)(O)C(Br)(Br)P(=O)(O)O)O2)c(=O)[nH]c1=O. The molecule has 2 unspecified atom stereocenters. The summed E-state index contributed by atoms with van der Waals surface area (Å²) in [6, 6.07) is 0. The number of ether oxygens (including phenoxy) is 2. The Kier molecular flexibility index (Phi) is 13.0. The maximum Gasteiger partial charge on any atom is 0.479 e. The number of aliphatic hydroxyl groups is 1. The smallest absolute Gasteiger partial charge is 0.390 e. The minimum atomic E-state index is -5.58. The molecule has 2 rings (SSSR count). The van der Waals surface area contributed by atoms with Crippen LogP contribution in [0.15, 0.2) is 15.8 Å². The van der Waals surface area contributed by atoms with Crippen LogP contribution in [-0.2, 0) is 38.6 Å². The Hall–Kier alpha value is -0.0700. The lowest BCUT2D eigenvalue weighted by Crippen LogP contribution is -2.34. The fourth-order valence-electron chi connectivity index (χ4n) is 3.31. The molecule has 226 valence electrons. The first-order chi connectivity index (χ1) is 17.9. The standard InChI is InChI=1S/C17H30Br2N3O14P3/c18-17(19,37(26,27)28)38(29,30)36-39(31,32)34-10-13-12(23)7-14(35-13)22-8-11(15(24)21-16(22)25)9-33-6-4-2-1-3-5-20/h8,12-14,23H,1-7,9-10,20H2,(H,29,30)(H,31,32)(H,21,24,25)(H2,26,27,28)/t12-,13+,14+/m0/s1. The normalized spacial score (nSPS) is 23.4. The molecule has 1 aliphatic rings. The summed E-state index contributed by atoms with van der Waals surface area (Å²) < 4.78 is 53.4. The number of unbranched alkanes of at least 4 members (excludes halogenated alkanes) is 3. The molecule has 1 saturated heterocycles. The lowest BCUT2D eigenvalue weighted by molar-refractivity contribution is -0.0450. The van der Waals surface area contributed by atoms with Gasteiger partial charge in [0.25, 0.3) is 8.27 Å². The Morgan fingerprint density at radius 3 is 2.38 bits per heavy atom. The lowest BCUT2D eigenvalue weighted by atomic mass is 10.2. The van der Waals surface area contributed by atoms with E-state index < -0.39 is 62.0 Å². The second-order valence-electron chi connectivity index (χ2n) is 8.43. The second-order valence-corrected chi connectivity index (χ2v) is 20.0. The van der Waals surface area contributed by atoms with Gasteiger partial charge < -0.3 is 39.9 Å². The Labute approximate surface area is 238 Å². The average Bonchev–Trinajstić information content (AvgIpc) is 3.17. The third-order valence-corrected chi connectivity index (χ3v) is 15.9. The molecule has 0 aromatic carbocycles. The predicted molar refractivity (Wildman–Crippen MR) is 142 cm³/mol. The number of aromatic nitrogens is 2. The topological polar surface area (TPSA) is 270 Å². The van der Waals surface area contributed by atoms with Gasteiger partial charge in [0, 0.05) is 19.2 Å². The van der Waals surface area contributed by atoms with E-state index >= 15 is 0 Å². The van der Waals surface area contributed by atoms with Crippen LogP contribution in [0.5, 0.6) is 0 Å². The first kappa shape index (κ1) is 35.1. The van der Waals surface area contributed by atoms with Gasteiger partial charge in [-0.15, -0.1) is 0 Å². The van der Waals surface area contributed by atoms with Gasteiger partial charge in [-0.2, -0.15) is 0 Å². The van der Waals surface area contributed by atoms with E-state index in [-0.39, 0.29) is 18.6 Å². The number of nitrogens with one attached hydrogen (secondary N) is 1. The van der Waals surface area contributed by atoms with E-state index in [0.717, 1.165) is 30.3 Å². The summed E-state index contributed by atoms with van der Waals surface area (Å²) in [4.78, 5) is 64.6. The Balaban J connectivity index is 2.01. The molecule has 8 N–H and O–H groups in total. The highest BCUT2D eigenvalue weighted by molar-refractivity contribution is 9.29.